The van der Waals surface area contributed by atoms with Crippen LogP contribution in [0.3, 0.4) is 0 Å². The summed E-state index contributed by atoms with van der Waals surface area (Å²) in [6.45, 7) is 12.5. The Morgan fingerprint density at radius 3 is 2.00 bits per heavy atom. The molecular formula is C11H22O2. The van der Waals surface area contributed by atoms with Crippen LogP contribution in [0.15, 0.2) is 0 Å². The van der Waals surface area contributed by atoms with Crippen molar-refractivity contribution in [2.24, 2.45) is 11.3 Å². The van der Waals surface area contributed by atoms with Crippen molar-refractivity contribution < 1.29 is 9.47 Å². The predicted molar refractivity (Wildman–Crippen MR) is 53.8 cm³/mol. The maximum atomic E-state index is 5.79. The SMILES string of the molecule is CC(C)C1OCCOC1C(C)(C)C. The molecule has 2 nitrogen and oxygen atoms in total. The second-order valence-electron chi connectivity index (χ2n) is 5.24. The van der Waals surface area contributed by atoms with Gasteiger partial charge in [0.2, 0.25) is 0 Å². The highest BCUT2D eigenvalue weighted by Crippen LogP contribution is 2.31. The van der Waals surface area contributed by atoms with Crippen LogP contribution in [0.4, 0.5) is 0 Å². The Hall–Kier alpha value is -0.0800. The molecule has 0 aromatic carbocycles. The van der Waals surface area contributed by atoms with E-state index in [4.69, 9.17) is 9.47 Å². The van der Waals surface area contributed by atoms with Gasteiger partial charge in [0.1, 0.15) is 0 Å². The van der Waals surface area contributed by atoms with E-state index in [0.717, 1.165) is 13.2 Å². The first-order chi connectivity index (χ1) is 5.93. The van der Waals surface area contributed by atoms with Crippen molar-refractivity contribution in [1.82, 2.24) is 0 Å². The minimum Gasteiger partial charge on any atom is -0.373 e. The van der Waals surface area contributed by atoms with Gasteiger partial charge >= 0.3 is 0 Å². The summed E-state index contributed by atoms with van der Waals surface area (Å²) in [7, 11) is 0. The summed E-state index contributed by atoms with van der Waals surface area (Å²) < 4.78 is 11.5. The highest BCUT2D eigenvalue weighted by atomic mass is 16.6. The Balaban J connectivity index is 2.67. The van der Waals surface area contributed by atoms with Crippen LogP contribution in [0.2, 0.25) is 0 Å². The summed E-state index contributed by atoms with van der Waals surface area (Å²) in [5.74, 6) is 0.532. The molecule has 1 heterocycles. The van der Waals surface area contributed by atoms with Gasteiger partial charge in [0, 0.05) is 0 Å². The van der Waals surface area contributed by atoms with Crippen molar-refractivity contribution >= 4 is 0 Å². The summed E-state index contributed by atoms with van der Waals surface area (Å²) in [4.78, 5) is 0. The molecule has 1 fully saturated rings. The number of ether oxygens (including phenoxy) is 2. The van der Waals surface area contributed by atoms with Gasteiger partial charge in [0.15, 0.2) is 0 Å². The van der Waals surface area contributed by atoms with Gasteiger partial charge in [-0.1, -0.05) is 34.6 Å². The fraction of sp³-hybridized carbons (Fsp3) is 1.00. The number of rotatable bonds is 1. The number of hydrogen-bond acceptors (Lipinski definition) is 2. The van der Waals surface area contributed by atoms with Gasteiger partial charge < -0.3 is 9.47 Å². The lowest BCUT2D eigenvalue weighted by molar-refractivity contribution is -0.187. The molecule has 1 saturated heterocycles. The lowest BCUT2D eigenvalue weighted by Crippen LogP contribution is -2.48. The fourth-order valence-electron chi connectivity index (χ4n) is 1.83. The van der Waals surface area contributed by atoms with Crippen molar-refractivity contribution in [2.45, 2.75) is 46.8 Å². The van der Waals surface area contributed by atoms with Crippen LogP contribution in [0.25, 0.3) is 0 Å². The third-order valence-corrected chi connectivity index (χ3v) is 2.50. The molecule has 2 unspecified atom stereocenters. The lowest BCUT2D eigenvalue weighted by Gasteiger charge is -2.41. The third-order valence-electron chi connectivity index (χ3n) is 2.50. The molecule has 1 rings (SSSR count). The average Bonchev–Trinajstić information content (AvgIpc) is 2.03. The van der Waals surface area contributed by atoms with Gasteiger partial charge in [0.05, 0.1) is 25.4 Å². The molecule has 0 aliphatic carbocycles. The minimum absolute atomic E-state index is 0.176. The van der Waals surface area contributed by atoms with Crippen molar-refractivity contribution in [3.8, 4) is 0 Å². The summed E-state index contributed by atoms with van der Waals surface area (Å²) in [6.07, 6.45) is 0.495. The normalized spacial score (nSPS) is 30.9. The van der Waals surface area contributed by atoms with Crippen LogP contribution < -0.4 is 0 Å². The Kier molecular flexibility index (Phi) is 3.36. The highest BCUT2D eigenvalue weighted by molar-refractivity contribution is 4.86. The van der Waals surface area contributed by atoms with Crippen LogP contribution in [-0.4, -0.2) is 25.4 Å². The van der Waals surface area contributed by atoms with E-state index < -0.39 is 0 Å². The largest absolute Gasteiger partial charge is 0.373 e. The van der Waals surface area contributed by atoms with E-state index in [9.17, 15) is 0 Å². The van der Waals surface area contributed by atoms with E-state index in [1.54, 1.807) is 0 Å². The van der Waals surface area contributed by atoms with E-state index in [-0.39, 0.29) is 17.6 Å². The zero-order valence-electron chi connectivity index (χ0n) is 9.46. The summed E-state index contributed by atoms with van der Waals surface area (Å²) in [6, 6.07) is 0. The molecule has 2 atom stereocenters. The summed E-state index contributed by atoms with van der Waals surface area (Å²) in [5, 5.41) is 0. The van der Waals surface area contributed by atoms with Gasteiger partial charge in [-0.2, -0.15) is 0 Å². The van der Waals surface area contributed by atoms with Crippen molar-refractivity contribution in [3.63, 3.8) is 0 Å². The second-order valence-corrected chi connectivity index (χ2v) is 5.24. The molecule has 13 heavy (non-hydrogen) atoms. The zero-order valence-corrected chi connectivity index (χ0v) is 9.46. The second kappa shape index (κ2) is 3.97. The van der Waals surface area contributed by atoms with Gasteiger partial charge in [-0.25, -0.2) is 0 Å². The highest BCUT2D eigenvalue weighted by Gasteiger charge is 2.37. The quantitative estimate of drug-likeness (QED) is 0.626. The predicted octanol–water partition coefficient (Wildman–Crippen LogP) is 2.47. The molecule has 78 valence electrons. The molecule has 0 radical (unpaired) electrons. The maximum absolute atomic E-state index is 5.79. The van der Waals surface area contributed by atoms with Crippen LogP contribution in [0.5, 0.6) is 0 Å². The van der Waals surface area contributed by atoms with Crippen LogP contribution in [0, 0.1) is 11.3 Å². The summed E-state index contributed by atoms with van der Waals surface area (Å²) in [5.41, 5.74) is 0.176. The topological polar surface area (TPSA) is 18.5 Å². The van der Waals surface area contributed by atoms with E-state index in [1.165, 1.54) is 0 Å². The number of hydrogen-bond donors (Lipinski definition) is 0. The smallest absolute Gasteiger partial charge is 0.0888 e. The molecule has 0 spiro atoms. The molecule has 0 saturated carbocycles. The Morgan fingerprint density at radius 1 is 1.08 bits per heavy atom. The monoisotopic (exact) mass is 186 g/mol. The van der Waals surface area contributed by atoms with Crippen molar-refractivity contribution in [2.75, 3.05) is 13.2 Å². The molecular weight excluding hydrogens is 164 g/mol. The zero-order chi connectivity index (χ0) is 10.1. The molecule has 1 aliphatic heterocycles. The van der Waals surface area contributed by atoms with Crippen LogP contribution in [0.1, 0.15) is 34.6 Å². The van der Waals surface area contributed by atoms with Gasteiger partial charge in [-0.15, -0.1) is 0 Å². The van der Waals surface area contributed by atoms with E-state index >= 15 is 0 Å². The Labute approximate surface area is 81.6 Å². The van der Waals surface area contributed by atoms with E-state index in [0.29, 0.717) is 5.92 Å². The Morgan fingerprint density at radius 2 is 1.62 bits per heavy atom. The lowest BCUT2D eigenvalue weighted by atomic mass is 9.81. The minimum atomic E-state index is 0.176. The van der Waals surface area contributed by atoms with E-state index in [1.807, 2.05) is 0 Å². The maximum Gasteiger partial charge on any atom is 0.0888 e. The van der Waals surface area contributed by atoms with Gasteiger partial charge in [-0.05, 0) is 11.3 Å². The third kappa shape index (κ3) is 2.68. The molecule has 0 bridgehead atoms. The van der Waals surface area contributed by atoms with Gasteiger partial charge in [-0.3, -0.25) is 0 Å². The molecule has 1 aliphatic rings. The Bertz CT molecular complexity index is 158. The first-order valence-corrected chi connectivity index (χ1v) is 5.16. The molecule has 2 heteroatoms. The standard InChI is InChI=1S/C11H22O2/c1-8(2)9-10(11(3,4)5)13-7-6-12-9/h8-10H,6-7H2,1-5H3. The average molecular weight is 186 g/mol. The first-order valence-electron chi connectivity index (χ1n) is 5.16. The van der Waals surface area contributed by atoms with Gasteiger partial charge in [0.25, 0.3) is 0 Å². The van der Waals surface area contributed by atoms with Crippen molar-refractivity contribution in [3.05, 3.63) is 0 Å². The fourth-order valence-corrected chi connectivity index (χ4v) is 1.83. The molecule has 0 aromatic heterocycles. The van der Waals surface area contributed by atoms with Crippen molar-refractivity contribution in [1.29, 1.82) is 0 Å². The molecule has 0 amide bonds. The van der Waals surface area contributed by atoms with Crippen LogP contribution in [-0.2, 0) is 9.47 Å². The first kappa shape index (κ1) is 11.0. The van der Waals surface area contributed by atoms with Crippen LogP contribution >= 0.6 is 0 Å². The molecule has 0 N–H and O–H groups in total. The molecule has 0 aromatic rings. The summed E-state index contributed by atoms with van der Waals surface area (Å²) >= 11 is 0. The van der Waals surface area contributed by atoms with E-state index in [2.05, 4.69) is 34.6 Å².